The van der Waals surface area contributed by atoms with Crippen LogP contribution in [-0.2, 0) is 9.53 Å². The molecule has 1 aromatic carbocycles. The van der Waals surface area contributed by atoms with E-state index in [0.717, 1.165) is 12.8 Å². The second-order valence-electron chi connectivity index (χ2n) is 5.22. The van der Waals surface area contributed by atoms with Gasteiger partial charge in [0.25, 0.3) is 11.6 Å². The van der Waals surface area contributed by atoms with Crippen molar-refractivity contribution in [3.05, 3.63) is 33.9 Å². The Morgan fingerprint density at radius 2 is 2.00 bits per heavy atom. The maximum atomic E-state index is 12.1. The first-order chi connectivity index (χ1) is 10.9. The number of ether oxygens (including phenoxy) is 1. The Labute approximate surface area is 138 Å². The van der Waals surface area contributed by atoms with Crippen molar-refractivity contribution in [2.24, 2.45) is 0 Å². The van der Waals surface area contributed by atoms with E-state index in [9.17, 15) is 19.7 Å². The van der Waals surface area contributed by atoms with Crippen LogP contribution in [0, 0.1) is 10.1 Å². The van der Waals surface area contributed by atoms with Gasteiger partial charge in [0.15, 0.2) is 6.10 Å². The van der Waals surface area contributed by atoms with Gasteiger partial charge in [-0.15, -0.1) is 11.8 Å². The van der Waals surface area contributed by atoms with Crippen molar-refractivity contribution >= 4 is 29.3 Å². The molecule has 0 aromatic heterocycles. The van der Waals surface area contributed by atoms with Gasteiger partial charge in [0.05, 0.1) is 15.4 Å². The van der Waals surface area contributed by atoms with Gasteiger partial charge in [0, 0.05) is 19.2 Å². The zero-order valence-corrected chi connectivity index (χ0v) is 13.8. The molecule has 1 heterocycles. The summed E-state index contributed by atoms with van der Waals surface area (Å²) in [7, 11) is 0. The van der Waals surface area contributed by atoms with Crippen molar-refractivity contribution in [2.75, 3.05) is 19.3 Å². The standard InChI is InChI=1S/C15H18N2O5S/c1-10(14(18)16-7-3-4-8-16)22-15(19)11-5-6-13(23-2)12(9-11)17(20)21/h5-6,9-10H,3-4,7-8H2,1-2H3. The summed E-state index contributed by atoms with van der Waals surface area (Å²) in [6.07, 6.45) is 2.72. The van der Waals surface area contributed by atoms with Crippen LogP contribution < -0.4 is 0 Å². The zero-order chi connectivity index (χ0) is 17.0. The van der Waals surface area contributed by atoms with Crippen LogP contribution in [0.5, 0.6) is 0 Å². The van der Waals surface area contributed by atoms with E-state index in [4.69, 9.17) is 4.74 Å². The van der Waals surface area contributed by atoms with Crippen molar-refractivity contribution in [1.29, 1.82) is 0 Å². The van der Waals surface area contributed by atoms with Gasteiger partial charge in [0.1, 0.15) is 0 Å². The maximum Gasteiger partial charge on any atom is 0.339 e. The minimum Gasteiger partial charge on any atom is -0.449 e. The molecule has 0 bridgehead atoms. The van der Waals surface area contributed by atoms with Crippen LogP contribution in [0.15, 0.2) is 23.1 Å². The number of likely N-dealkylation sites (tertiary alicyclic amines) is 1. The molecule has 1 unspecified atom stereocenters. The summed E-state index contributed by atoms with van der Waals surface area (Å²) < 4.78 is 5.16. The quantitative estimate of drug-likeness (QED) is 0.355. The molecule has 124 valence electrons. The highest BCUT2D eigenvalue weighted by atomic mass is 32.2. The first-order valence-electron chi connectivity index (χ1n) is 7.26. The molecule has 23 heavy (non-hydrogen) atoms. The Morgan fingerprint density at radius 1 is 1.35 bits per heavy atom. The fraction of sp³-hybridized carbons (Fsp3) is 0.467. The smallest absolute Gasteiger partial charge is 0.339 e. The molecule has 8 heteroatoms. The Morgan fingerprint density at radius 3 is 2.57 bits per heavy atom. The molecule has 2 rings (SSSR count). The number of nitro groups is 1. The van der Waals surface area contributed by atoms with Gasteiger partial charge < -0.3 is 9.64 Å². The van der Waals surface area contributed by atoms with Crippen LogP contribution >= 0.6 is 11.8 Å². The minimum atomic E-state index is -0.903. The van der Waals surface area contributed by atoms with Gasteiger partial charge in [-0.3, -0.25) is 14.9 Å². The molecule has 0 saturated carbocycles. The molecular formula is C15H18N2O5S. The van der Waals surface area contributed by atoms with E-state index >= 15 is 0 Å². The molecule has 0 radical (unpaired) electrons. The first kappa shape index (κ1) is 17.3. The number of nitrogens with zero attached hydrogens (tertiary/aromatic N) is 2. The van der Waals surface area contributed by atoms with Crippen LogP contribution in [0.2, 0.25) is 0 Å². The molecule has 0 spiro atoms. The average molecular weight is 338 g/mol. The third kappa shape index (κ3) is 4.01. The summed E-state index contributed by atoms with van der Waals surface area (Å²) in [5, 5.41) is 11.0. The molecule has 1 aliphatic rings. The summed E-state index contributed by atoms with van der Waals surface area (Å²) >= 11 is 1.23. The van der Waals surface area contributed by atoms with Gasteiger partial charge in [-0.05, 0) is 38.2 Å². The number of amides is 1. The molecule has 0 aliphatic carbocycles. The summed E-state index contributed by atoms with van der Waals surface area (Å²) in [5.74, 6) is -0.966. The Hall–Kier alpha value is -2.09. The predicted octanol–water partition coefficient (Wildman–Crippen LogP) is 2.48. The van der Waals surface area contributed by atoms with Crippen LogP contribution in [0.25, 0.3) is 0 Å². The van der Waals surface area contributed by atoms with Crippen LogP contribution in [-0.4, -0.2) is 47.1 Å². The number of carbonyl (C=O) groups excluding carboxylic acids is 2. The van der Waals surface area contributed by atoms with E-state index in [1.165, 1.54) is 36.9 Å². The van der Waals surface area contributed by atoms with Crippen molar-refractivity contribution in [2.45, 2.75) is 30.8 Å². The second-order valence-corrected chi connectivity index (χ2v) is 6.07. The molecule has 7 nitrogen and oxygen atoms in total. The van der Waals surface area contributed by atoms with E-state index in [0.29, 0.717) is 18.0 Å². The molecule has 1 aliphatic heterocycles. The lowest BCUT2D eigenvalue weighted by Crippen LogP contribution is -2.38. The largest absolute Gasteiger partial charge is 0.449 e. The number of nitro benzene ring substituents is 1. The average Bonchev–Trinajstić information content (AvgIpc) is 3.07. The van der Waals surface area contributed by atoms with Crippen LogP contribution in [0.3, 0.4) is 0 Å². The molecule has 1 fully saturated rings. The third-order valence-electron chi connectivity index (χ3n) is 3.66. The van der Waals surface area contributed by atoms with Crippen LogP contribution in [0.1, 0.15) is 30.1 Å². The van der Waals surface area contributed by atoms with Gasteiger partial charge in [0.2, 0.25) is 0 Å². The summed E-state index contributed by atoms with van der Waals surface area (Å²) in [6, 6.07) is 4.15. The highest BCUT2D eigenvalue weighted by molar-refractivity contribution is 7.98. The molecule has 1 aromatic rings. The highest BCUT2D eigenvalue weighted by Gasteiger charge is 2.27. The molecule has 1 atom stereocenters. The van der Waals surface area contributed by atoms with E-state index < -0.39 is 17.0 Å². The highest BCUT2D eigenvalue weighted by Crippen LogP contribution is 2.28. The van der Waals surface area contributed by atoms with Gasteiger partial charge in [-0.25, -0.2) is 4.79 Å². The third-order valence-corrected chi connectivity index (χ3v) is 4.45. The van der Waals surface area contributed by atoms with E-state index in [1.807, 2.05) is 0 Å². The first-order valence-corrected chi connectivity index (χ1v) is 8.48. The summed E-state index contributed by atoms with van der Waals surface area (Å²) in [6.45, 7) is 2.87. The van der Waals surface area contributed by atoms with Crippen molar-refractivity contribution < 1.29 is 19.2 Å². The summed E-state index contributed by atoms with van der Waals surface area (Å²) in [5.41, 5.74) is -0.0824. The van der Waals surface area contributed by atoms with E-state index in [1.54, 1.807) is 11.2 Å². The van der Waals surface area contributed by atoms with E-state index in [-0.39, 0.29) is 17.2 Å². The Kier molecular flexibility index (Phi) is 5.59. The van der Waals surface area contributed by atoms with Crippen molar-refractivity contribution in [1.82, 2.24) is 4.90 Å². The normalized spacial score (nSPS) is 15.3. The lowest BCUT2D eigenvalue weighted by molar-refractivity contribution is -0.387. The van der Waals surface area contributed by atoms with Gasteiger partial charge >= 0.3 is 5.97 Å². The molecule has 1 saturated heterocycles. The van der Waals surface area contributed by atoms with Gasteiger partial charge in [-0.1, -0.05) is 0 Å². The fourth-order valence-electron chi connectivity index (χ4n) is 2.43. The topological polar surface area (TPSA) is 89.8 Å². The monoisotopic (exact) mass is 338 g/mol. The van der Waals surface area contributed by atoms with Crippen molar-refractivity contribution in [3.63, 3.8) is 0 Å². The maximum absolute atomic E-state index is 12.1. The number of carbonyl (C=O) groups is 2. The molecular weight excluding hydrogens is 320 g/mol. The number of hydrogen-bond donors (Lipinski definition) is 0. The second kappa shape index (κ2) is 7.45. The summed E-state index contributed by atoms with van der Waals surface area (Å²) in [4.78, 5) is 36.9. The SMILES string of the molecule is CSc1ccc(C(=O)OC(C)C(=O)N2CCCC2)cc1[N+](=O)[O-]. The number of benzene rings is 1. The molecule has 1 amide bonds. The Balaban J connectivity index is 2.09. The Bertz CT molecular complexity index is 628. The van der Waals surface area contributed by atoms with Crippen LogP contribution in [0.4, 0.5) is 5.69 Å². The minimum absolute atomic E-state index is 0.0653. The lowest BCUT2D eigenvalue weighted by Gasteiger charge is -2.20. The molecule has 0 N–H and O–H groups in total. The van der Waals surface area contributed by atoms with Gasteiger partial charge in [-0.2, -0.15) is 0 Å². The predicted molar refractivity (Wildman–Crippen MR) is 85.6 cm³/mol. The number of thioether (sulfide) groups is 1. The number of esters is 1. The van der Waals surface area contributed by atoms with Crippen molar-refractivity contribution in [3.8, 4) is 0 Å². The lowest BCUT2D eigenvalue weighted by atomic mass is 10.2. The number of hydrogen-bond acceptors (Lipinski definition) is 6. The van der Waals surface area contributed by atoms with E-state index in [2.05, 4.69) is 0 Å². The zero-order valence-electron chi connectivity index (χ0n) is 13.0. The fourth-order valence-corrected chi connectivity index (χ4v) is 2.98. The number of rotatable bonds is 5.